The van der Waals surface area contributed by atoms with Gasteiger partial charge in [0.2, 0.25) is 11.8 Å². The molecule has 0 aliphatic carbocycles. The molecule has 2 fully saturated rings. The number of amides is 2. The minimum absolute atomic E-state index is 0.00865. The molecule has 2 aromatic rings. The minimum atomic E-state index is -0.334. The van der Waals surface area contributed by atoms with Crippen molar-refractivity contribution in [2.45, 2.75) is 38.6 Å². The molecule has 2 unspecified atom stereocenters. The Morgan fingerprint density at radius 2 is 2.10 bits per heavy atom. The predicted molar refractivity (Wildman–Crippen MR) is 108 cm³/mol. The quantitative estimate of drug-likeness (QED) is 0.756. The van der Waals surface area contributed by atoms with Gasteiger partial charge >= 0.3 is 0 Å². The summed E-state index contributed by atoms with van der Waals surface area (Å²) in [5.74, 6) is 0.320. The van der Waals surface area contributed by atoms with Crippen molar-refractivity contribution < 1.29 is 18.8 Å². The smallest absolute Gasteiger partial charge is 0.257 e. The molecule has 0 spiro atoms. The minimum Gasteiger partial charge on any atom is -0.378 e. The summed E-state index contributed by atoms with van der Waals surface area (Å²) in [6.45, 7) is 7.50. The zero-order valence-electron chi connectivity index (χ0n) is 17.4. The number of aryl methyl sites for hydroxylation is 1. The molecule has 10 nitrogen and oxygen atoms in total. The number of nitrogens with one attached hydrogen (secondary N) is 2. The SMILES string of the molecule is Cc1cc(NC(=O)C(C)N2CCCC(c3[nH]ncc3C(=O)N3CCOCC3)C2)on1. The van der Waals surface area contributed by atoms with Crippen LogP contribution < -0.4 is 5.32 Å². The average Bonchev–Trinajstić information content (AvgIpc) is 3.42. The molecule has 162 valence electrons. The summed E-state index contributed by atoms with van der Waals surface area (Å²) in [6, 6.07) is 1.36. The molecule has 0 radical (unpaired) electrons. The van der Waals surface area contributed by atoms with Crippen molar-refractivity contribution in [3.8, 4) is 0 Å². The lowest BCUT2D eigenvalue weighted by Crippen LogP contribution is -2.47. The fourth-order valence-electron chi connectivity index (χ4n) is 4.12. The fourth-order valence-corrected chi connectivity index (χ4v) is 4.12. The van der Waals surface area contributed by atoms with Gasteiger partial charge in [-0.2, -0.15) is 5.10 Å². The lowest BCUT2D eigenvalue weighted by atomic mass is 9.91. The van der Waals surface area contributed by atoms with Gasteiger partial charge in [-0.3, -0.25) is 24.9 Å². The molecule has 0 aromatic carbocycles. The largest absolute Gasteiger partial charge is 0.378 e. The van der Waals surface area contributed by atoms with Crippen molar-refractivity contribution in [3.63, 3.8) is 0 Å². The van der Waals surface area contributed by atoms with Gasteiger partial charge in [0.1, 0.15) is 0 Å². The maximum atomic E-state index is 13.0. The lowest BCUT2D eigenvalue weighted by molar-refractivity contribution is -0.121. The molecule has 0 saturated carbocycles. The molecule has 4 rings (SSSR count). The molecule has 0 bridgehead atoms. The second kappa shape index (κ2) is 8.97. The van der Waals surface area contributed by atoms with Crippen LogP contribution in [0.4, 0.5) is 5.88 Å². The van der Waals surface area contributed by atoms with Crippen molar-refractivity contribution in [2.24, 2.45) is 0 Å². The third-order valence-corrected chi connectivity index (χ3v) is 5.86. The van der Waals surface area contributed by atoms with Crippen LogP contribution in [0, 0.1) is 6.92 Å². The van der Waals surface area contributed by atoms with Crippen LogP contribution in [-0.4, -0.2) is 82.4 Å². The van der Waals surface area contributed by atoms with Crippen molar-refractivity contribution >= 4 is 17.7 Å². The number of nitrogens with zero attached hydrogens (tertiary/aromatic N) is 4. The number of ether oxygens (including phenoxy) is 1. The number of carbonyl (C=O) groups is 2. The highest BCUT2D eigenvalue weighted by Gasteiger charge is 2.32. The maximum Gasteiger partial charge on any atom is 0.257 e. The zero-order valence-corrected chi connectivity index (χ0v) is 17.4. The summed E-state index contributed by atoms with van der Waals surface area (Å²) in [5, 5.41) is 13.8. The number of anilines is 1. The van der Waals surface area contributed by atoms with E-state index in [-0.39, 0.29) is 23.8 Å². The first kappa shape index (κ1) is 20.5. The first-order chi connectivity index (χ1) is 14.5. The van der Waals surface area contributed by atoms with Crippen molar-refractivity contribution in [2.75, 3.05) is 44.7 Å². The molecule has 2 amide bonds. The number of piperidine rings is 1. The summed E-state index contributed by atoms with van der Waals surface area (Å²) < 4.78 is 10.4. The van der Waals surface area contributed by atoms with Crippen LogP contribution in [0.5, 0.6) is 0 Å². The maximum absolute atomic E-state index is 13.0. The lowest BCUT2D eigenvalue weighted by Gasteiger charge is -2.36. The highest BCUT2D eigenvalue weighted by molar-refractivity contribution is 5.95. The van der Waals surface area contributed by atoms with Crippen LogP contribution in [0.25, 0.3) is 0 Å². The highest BCUT2D eigenvalue weighted by Crippen LogP contribution is 2.29. The van der Waals surface area contributed by atoms with Crippen molar-refractivity contribution in [1.29, 1.82) is 0 Å². The first-order valence-electron chi connectivity index (χ1n) is 10.4. The summed E-state index contributed by atoms with van der Waals surface area (Å²) in [5.41, 5.74) is 2.19. The van der Waals surface area contributed by atoms with Gasteiger partial charge in [-0.05, 0) is 33.2 Å². The Morgan fingerprint density at radius 1 is 1.30 bits per heavy atom. The van der Waals surface area contributed by atoms with Crippen LogP contribution in [0.3, 0.4) is 0 Å². The van der Waals surface area contributed by atoms with E-state index >= 15 is 0 Å². The monoisotopic (exact) mass is 416 g/mol. The molecule has 2 atom stereocenters. The number of carbonyl (C=O) groups excluding carboxylic acids is 2. The Hall–Kier alpha value is -2.72. The van der Waals surface area contributed by atoms with Gasteiger partial charge in [0.15, 0.2) is 0 Å². The summed E-state index contributed by atoms with van der Waals surface area (Å²) in [4.78, 5) is 29.6. The Bertz CT molecular complexity index is 887. The van der Waals surface area contributed by atoms with Crippen molar-refractivity contribution in [3.05, 3.63) is 29.2 Å². The van der Waals surface area contributed by atoms with Gasteiger partial charge in [0, 0.05) is 31.6 Å². The second-order valence-electron chi connectivity index (χ2n) is 7.93. The van der Waals surface area contributed by atoms with Gasteiger partial charge in [-0.25, -0.2) is 0 Å². The van der Waals surface area contributed by atoms with Crippen LogP contribution in [0.15, 0.2) is 16.8 Å². The molecule has 2 aliphatic rings. The summed E-state index contributed by atoms with van der Waals surface area (Å²) in [7, 11) is 0. The number of hydrogen-bond donors (Lipinski definition) is 2. The Balaban J connectivity index is 1.42. The molecule has 10 heteroatoms. The van der Waals surface area contributed by atoms with Crippen LogP contribution in [-0.2, 0) is 9.53 Å². The molecule has 2 aromatic heterocycles. The van der Waals surface area contributed by atoms with Crippen LogP contribution >= 0.6 is 0 Å². The van der Waals surface area contributed by atoms with E-state index < -0.39 is 0 Å². The molecule has 30 heavy (non-hydrogen) atoms. The Labute approximate surface area is 174 Å². The van der Waals surface area contributed by atoms with E-state index in [9.17, 15) is 9.59 Å². The Kier molecular flexibility index (Phi) is 6.14. The van der Waals surface area contributed by atoms with E-state index in [1.165, 1.54) is 0 Å². The predicted octanol–water partition coefficient (Wildman–Crippen LogP) is 1.39. The number of H-pyrrole nitrogens is 1. The third-order valence-electron chi connectivity index (χ3n) is 5.86. The van der Waals surface area contributed by atoms with Gasteiger partial charge in [0.05, 0.1) is 42.4 Å². The van der Waals surface area contributed by atoms with Crippen LogP contribution in [0.2, 0.25) is 0 Å². The van der Waals surface area contributed by atoms with Gasteiger partial charge in [-0.15, -0.1) is 0 Å². The van der Waals surface area contributed by atoms with E-state index in [0.717, 1.165) is 25.1 Å². The fraction of sp³-hybridized carbons (Fsp3) is 0.600. The molecular formula is C20H28N6O4. The second-order valence-corrected chi connectivity index (χ2v) is 7.93. The number of rotatable bonds is 5. The number of likely N-dealkylation sites (tertiary alicyclic amines) is 1. The van der Waals surface area contributed by atoms with Crippen molar-refractivity contribution in [1.82, 2.24) is 25.2 Å². The van der Waals surface area contributed by atoms with E-state index in [1.807, 2.05) is 11.8 Å². The summed E-state index contributed by atoms with van der Waals surface area (Å²) in [6.07, 6.45) is 3.50. The molecule has 4 heterocycles. The topological polar surface area (TPSA) is 117 Å². The average molecular weight is 416 g/mol. The third kappa shape index (κ3) is 4.39. The normalized spacial score (nSPS) is 21.4. The zero-order chi connectivity index (χ0) is 21.1. The number of morpholine rings is 1. The van der Waals surface area contributed by atoms with E-state index in [0.29, 0.717) is 50.0 Å². The molecule has 2 saturated heterocycles. The standard InChI is InChI=1S/C20H28N6O4/c1-13-10-17(30-24-13)22-19(27)14(2)26-5-3-4-15(12-26)18-16(11-21-23-18)20(28)25-6-8-29-9-7-25/h10-11,14-15H,3-9,12H2,1-2H3,(H,21,23)(H,22,27). The Morgan fingerprint density at radius 3 is 2.83 bits per heavy atom. The van der Waals surface area contributed by atoms with E-state index in [2.05, 4.69) is 25.6 Å². The van der Waals surface area contributed by atoms with Gasteiger partial charge < -0.3 is 14.2 Å². The van der Waals surface area contributed by atoms with Gasteiger partial charge in [-0.1, -0.05) is 5.16 Å². The van der Waals surface area contributed by atoms with E-state index in [1.54, 1.807) is 19.2 Å². The summed E-state index contributed by atoms with van der Waals surface area (Å²) >= 11 is 0. The molecular weight excluding hydrogens is 388 g/mol. The first-order valence-corrected chi connectivity index (χ1v) is 10.4. The number of aromatic amines is 1. The van der Waals surface area contributed by atoms with Crippen LogP contribution in [0.1, 0.15) is 47.4 Å². The van der Waals surface area contributed by atoms with Gasteiger partial charge in [0.25, 0.3) is 5.91 Å². The molecule has 2 aliphatic heterocycles. The number of hydrogen-bond acceptors (Lipinski definition) is 7. The van der Waals surface area contributed by atoms with E-state index in [4.69, 9.17) is 9.26 Å². The molecule has 2 N–H and O–H groups in total. The number of aromatic nitrogens is 3. The highest BCUT2D eigenvalue weighted by atomic mass is 16.5.